The van der Waals surface area contributed by atoms with Gasteiger partial charge in [0.2, 0.25) is 0 Å². The molecule has 0 aliphatic heterocycles. The summed E-state index contributed by atoms with van der Waals surface area (Å²) in [5.41, 5.74) is -3.04. The molecule has 0 atom stereocenters. The minimum Gasteiger partial charge on any atom is -0.307 e. The van der Waals surface area contributed by atoms with Crippen LogP contribution in [0.2, 0.25) is 0 Å². The van der Waals surface area contributed by atoms with Crippen LogP contribution in [0.1, 0.15) is 15.9 Å². The third-order valence-corrected chi connectivity index (χ3v) is 3.45. The topological polar surface area (TPSA) is 49.4 Å². The second kappa shape index (κ2) is 7.28. The number of carbonyl (C=O) groups excluding carboxylic acids is 2. The monoisotopic (exact) mass is 394 g/mol. The molecule has 0 aliphatic rings. The van der Waals surface area contributed by atoms with Crippen molar-refractivity contribution >= 4 is 30.4 Å². The molecule has 0 bridgehead atoms. The summed E-state index contributed by atoms with van der Waals surface area (Å²) in [4.78, 5) is 23.8. The summed E-state index contributed by atoms with van der Waals surface area (Å²) < 4.78 is 78.0. The number of benzene rings is 2. The van der Waals surface area contributed by atoms with Gasteiger partial charge < -0.3 is 5.32 Å². The highest BCUT2D eigenvalue weighted by Crippen LogP contribution is 2.32. The summed E-state index contributed by atoms with van der Waals surface area (Å²) in [7, 11) is 0. The van der Waals surface area contributed by atoms with E-state index in [1.54, 1.807) is 0 Å². The highest BCUT2D eigenvalue weighted by molar-refractivity contribution is 7.79. The maximum atomic E-state index is 13.6. The number of hydrogen-bond acceptors (Lipinski definition) is 3. The summed E-state index contributed by atoms with van der Waals surface area (Å²) in [6, 6.07) is 2.68. The molecular weight excluding hydrogens is 386 g/mol. The van der Waals surface area contributed by atoms with Gasteiger partial charge in [0.1, 0.15) is 23.0 Å². The molecule has 0 saturated carbocycles. The lowest BCUT2D eigenvalue weighted by Gasteiger charge is -2.16. The van der Waals surface area contributed by atoms with Gasteiger partial charge in [0, 0.05) is 5.69 Å². The zero-order valence-electron chi connectivity index (χ0n) is 12.4. The normalized spacial score (nSPS) is 11.2. The number of imide groups is 1. The Morgan fingerprint density at radius 3 is 2.04 bits per heavy atom. The smallest absolute Gasteiger partial charge is 0.307 e. The predicted octanol–water partition coefficient (Wildman–Crippen LogP) is 4.64. The van der Waals surface area contributed by atoms with E-state index in [1.807, 2.05) is 5.32 Å². The van der Waals surface area contributed by atoms with Gasteiger partial charge in [0.25, 0.3) is 5.91 Å². The number of nitrogens with one attached hydrogen (secondary N) is 1. The largest absolute Gasteiger partial charge is 0.419 e. The first-order chi connectivity index (χ1) is 12.0. The Bertz CT molecular complexity index is 851. The lowest BCUT2D eigenvalue weighted by atomic mass is 10.2. The van der Waals surface area contributed by atoms with Crippen LogP contribution in [0.5, 0.6) is 0 Å². The van der Waals surface area contributed by atoms with E-state index in [0.717, 1.165) is 24.3 Å². The maximum absolute atomic E-state index is 13.6. The standard InChI is InChI=1S/C15H8F6N2O2S/c16-9-2-1-3-10(17)12(9)13(24)23(26)14(25)22-7-4-5-8(11(18)6-7)15(19,20)21/h1-6,26H,(H,22,25). The molecule has 0 radical (unpaired) electrons. The molecule has 0 spiro atoms. The number of hydrogen-bond donors (Lipinski definition) is 2. The van der Waals surface area contributed by atoms with Gasteiger partial charge >= 0.3 is 12.2 Å². The van der Waals surface area contributed by atoms with Gasteiger partial charge in [-0.05, 0) is 30.3 Å². The lowest BCUT2D eigenvalue weighted by molar-refractivity contribution is -0.139. The number of amides is 3. The fourth-order valence-corrected chi connectivity index (χ4v) is 2.05. The Balaban J connectivity index is 2.19. The van der Waals surface area contributed by atoms with E-state index in [4.69, 9.17) is 0 Å². The van der Waals surface area contributed by atoms with E-state index in [1.165, 1.54) is 0 Å². The van der Waals surface area contributed by atoms with Crippen molar-refractivity contribution in [3.05, 3.63) is 65.0 Å². The van der Waals surface area contributed by atoms with E-state index in [9.17, 15) is 35.9 Å². The number of anilines is 1. The average Bonchev–Trinajstić information content (AvgIpc) is 2.52. The van der Waals surface area contributed by atoms with Crippen LogP contribution < -0.4 is 5.32 Å². The van der Waals surface area contributed by atoms with Crippen LogP contribution in [0.15, 0.2) is 36.4 Å². The molecule has 0 saturated heterocycles. The number of halogens is 6. The Morgan fingerprint density at radius 2 is 1.54 bits per heavy atom. The van der Waals surface area contributed by atoms with Gasteiger partial charge in [-0.3, -0.25) is 4.79 Å². The van der Waals surface area contributed by atoms with Crippen molar-refractivity contribution in [2.45, 2.75) is 6.18 Å². The molecule has 0 unspecified atom stereocenters. The first-order valence-corrected chi connectivity index (χ1v) is 7.07. The molecule has 1 N–H and O–H groups in total. The summed E-state index contributed by atoms with van der Waals surface area (Å²) >= 11 is 3.51. The Hall–Kier alpha value is -2.69. The van der Waals surface area contributed by atoms with E-state index >= 15 is 0 Å². The van der Waals surface area contributed by atoms with Crippen LogP contribution in [-0.2, 0) is 6.18 Å². The van der Waals surface area contributed by atoms with Gasteiger partial charge in [0.15, 0.2) is 0 Å². The highest BCUT2D eigenvalue weighted by atomic mass is 32.1. The number of carbonyl (C=O) groups is 2. The van der Waals surface area contributed by atoms with Gasteiger partial charge in [-0.15, -0.1) is 0 Å². The number of alkyl halides is 3. The number of nitrogens with zero attached hydrogens (tertiary/aromatic N) is 1. The zero-order chi connectivity index (χ0) is 19.6. The average molecular weight is 394 g/mol. The fourth-order valence-electron chi connectivity index (χ4n) is 1.90. The van der Waals surface area contributed by atoms with Crippen molar-refractivity contribution in [2.24, 2.45) is 0 Å². The molecule has 2 rings (SSSR count). The number of urea groups is 1. The van der Waals surface area contributed by atoms with Crippen LogP contribution in [0.25, 0.3) is 0 Å². The molecule has 0 aromatic heterocycles. The van der Waals surface area contributed by atoms with Crippen molar-refractivity contribution in [3.8, 4) is 0 Å². The molecule has 138 valence electrons. The summed E-state index contributed by atoms with van der Waals surface area (Å²) in [5, 5.41) is 1.89. The summed E-state index contributed by atoms with van der Waals surface area (Å²) in [6.07, 6.45) is -4.93. The Labute approximate surface area is 147 Å². The summed E-state index contributed by atoms with van der Waals surface area (Å²) in [5.74, 6) is -5.62. The molecule has 26 heavy (non-hydrogen) atoms. The maximum Gasteiger partial charge on any atom is 0.419 e. The van der Waals surface area contributed by atoms with Gasteiger partial charge in [0.05, 0.1) is 5.56 Å². The SMILES string of the molecule is O=C(Nc1ccc(C(F)(F)F)c(F)c1)N(S)C(=O)c1c(F)cccc1F. The number of rotatable bonds is 2. The van der Waals surface area contributed by atoms with E-state index < -0.39 is 52.4 Å². The minimum absolute atomic E-state index is 0.00291. The van der Waals surface area contributed by atoms with Crippen molar-refractivity contribution in [1.82, 2.24) is 4.31 Å². The van der Waals surface area contributed by atoms with Crippen LogP contribution in [0, 0.1) is 17.5 Å². The minimum atomic E-state index is -4.93. The molecule has 4 nitrogen and oxygen atoms in total. The third-order valence-electron chi connectivity index (χ3n) is 3.09. The Morgan fingerprint density at radius 1 is 0.962 bits per heavy atom. The molecular formula is C15H8F6N2O2S. The summed E-state index contributed by atoms with van der Waals surface area (Å²) in [6.45, 7) is 0. The van der Waals surface area contributed by atoms with Crippen LogP contribution >= 0.6 is 12.8 Å². The first kappa shape index (κ1) is 19.6. The van der Waals surface area contributed by atoms with Crippen molar-refractivity contribution in [3.63, 3.8) is 0 Å². The molecule has 3 amide bonds. The quantitative estimate of drug-likeness (QED) is 0.576. The second-order valence-electron chi connectivity index (χ2n) is 4.84. The first-order valence-electron chi connectivity index (χ1n) is 6.67. The van der Waals surface area contributed by atoms with E-state index in [2.05, 4.69) is 12.8 Å². The zero-order valence-corrected chi connectivity index (χ0v) is 13.3. The molecule has 0 aliphatic carbocycles. The second-order valence-corrected chi connectivity index (χ2v) is 5.24. The number of thiol groups is 1. The van der Waals surface area contributed by atoms with Crippen molar-refractivity contribution in [2.75, 3.05) is 5.32 Å². The molecule has 11 heteroatoms. The van der Waals surface area contributed by atoms with Crippen molar-refractivity contribution in [1.29, 1.82) is 0 Å². The van der Waals surface area contributed by atoms with Gasteiger partial charge in [-0.1, -0.05) is 18.9 Å². The van der Waals surface area contributed by atoms with Gasteiger partial charge in [-0.25, -0.2) is 22.3 Å². The van der Waals surface area contributed by atoms with Crippen LogP contribution in [0.3, 0.4) is 0 Å². The van der Waals surface area contributed by atoms with E-state index in [-0.39, 0.29) is 4.31 Å². The van der Waals surface area contributed by atoms with Crippen LogP contribution in [0.4, 0.5) is 36.8 Å². The van der Waals surface area contributed by atoms with Crippen molar-refractivity contribution < 1.29 is 35.9 Å². The third kappa shape index (κ3) is 4.10. The molecule has 2 aromatic carbocycles. The predicted molar refractivity (Wildman–Crippen MR) is 81.9 cm³/mol. The fraction of sp³-hybridized carbons (Fsp3) is 0.0667. The molecule has 0 fully saturated rings. The lowest BCUT2D eigenvalue weighted by Crippen LogP contribution is -2.33. The molecule has 2 aromatic rings. The Kier molecular flexibility index (Phi) is 5.50. The van der Waals surface area contributed by atoms with E-state index in [0.29, 0.717) is 12.1 Å². The van der Waals surface area contributed by atoms with Gasteiger partial charge in [-0.2, -0.15) is 13.2 Å². The van der Waals surface area contributed by atoms with Crippen LogP contribution in [-0.4, -0.2) is 16.2 Å². The molecule has 0 heterocycles. The highest BCUT2D eigenvalue weighted by Gasteiger charge is 2.34.